The van der Waals surface area contributed by atoms with Gasteiger partial charge in [0.1, 0.15) is 18.9 Å². The first-order valence-corrected chi connectivity index (χ1v) is 7.17. The molecule has 0 aliphatic carbocycles. The van der Waals surface area contributed by atoms with Crippen molar-refractivity contribution in [3.05, 3.63) is 41.7 Å². The summed E-state index contributed by atoms with van der Waals surface area (Å²) >= 11 is 0. The van der Waals surface area contributed by atoms with Crippen LogP contribution in [-0.2, 0) is 21.0 Å². The molecule has 3 rings (SSSR count). The maximum Gasteiger partial charge on any atom is 0.354 e. The Kier molecular flexibility index (Phi) is 4.20. The summed E-state index contributed by atoms with van der Waals surface area (Å²) in [5.74, 6) is -2.97. The number of carbonyl (C=O) groups is 4. The Morgan fingerprint density at radius 1 is 1.20 bits per heavy atom. The van der Waals surface area contributed by atoms with Gasteiger partial charge in [-0.2, -0.15) is 0 Å². The van der Waals surface area contributed by atoms with Crippen molar-refractivity contribution in [3.8, 4) is 0 Å². The molecule has 25 heavy (non-hydrogen) atoms. The highest BCUT2D eigenvalue weighted by molar-refractivity contribution is 6.20. The van der Waals surface area contributed by atoms with Crippen LogP contribution in [0.25, 0.3) is 0 Å². The maximum absolute atomic E-state index is 12.1. The first-order valence-electron chi connectivity index (χ1n) is 7.17. The predicted octanol–water partition coefficient (Wildman–Crippen LogP) is -1.07. The van der Waals surface area contributed by atoms with E-state index in [0.29, 0.717) is 5.06 Å². The van der Waals surface area contributed by atoms with Crippen LogP contribution in [0, 0.1) is 0 Å². The average molecular weight is 344 g/mol. The maximum atomic E-state index is 12.1. The summed E-state index contributed by atoms with van der Waals surface area (Å²) in [6, 6.07) is 5.02. The quantitative estimate of drug-likeness (QED) is 0.677. The highest BCUT2D eigenvalue weighted by atomic mass is 16.7. The summed E-state index contributed by atoms with van der Waals surface area (Å²) in [5.41, 5.74) is 0.298. The lowest BCUT2D eigenvalue weighted by molar-refractivity contribution is -0.171. The Morgan fingerprint density at radius 3 is 2.40 bits per heavy atom. The highest BCUT2D eigenvalue weighted by Gasteiger charge is 2.39. The molecule has 0 saturated carbocycles. The molecule has 0 bridgehead atoms. The molecule has 1 N–H and O–H groups in total. The van der Waals surface area contributed by atoms with Gasteiger partial charge in [-0.15, -0.1) is 5.10 Å². The lowest BCUT2D eigenvalue weighted by atomic mass is 10.1. The highest BCUT2D eigenvalue weighted by Crippen LogP contribution is 2.22. The Morgan fingerprint density at radius 2 is 1.84 bits per heavy atom. The second-order valence-electron chi connectivity index (χ2n) is 5.16. The zero-order valence-electron chi connectivity index (χ0n) is 12.9. The second kappa shape index (κ2) is 6.47. The van der Waals surface area contributed by atoms with E-state index < -0.39 is 29.7 Å². The molecule has 1 aromatic carbocycles. The number of carbonyl (C=O) groups excluding carboxylic acids is 4. The zero-order valence-corrected chi connectivity index (χ0v) is 12.9. The van der Waals surface area contributed by atoms with Gasteiger partial charge < -0.3 is 10.2 Å². The predicted molar refractivity (Wildman–Crippen MR) is 78.5 cm³/mol. The summed E-state index contributed by atoms with van der Waals surface area (Å²) in [4.78, 5) is 52.9. The van der Waals surface area contributed by atoms with Gasteiger partial charge in [-0.3, -0.25) is 14.4 Å². The minimum atomic E-state index is -1.09. The van der Waals surface area contributed by atoms with E-state index in [1.165, 1.54) is 25.4 Å². The largest absolute Gasteiger partial charge is 0.354 e. The molecule has 1 atom stereocenters. The van der Waals surface area contributed by atoms with Crippen molar-refractivity contribution in [1.29, 1.82) is 0 Å². The zero-order chi connectivity index (χ0) is 18.0. The number of hydroxylamine groups is 2. The number of amides is 3. The molecule has 0 spiro atoms. The molecule has 11 heteroatoms. The van der Waals surface area contributed by atoms with Gasteiger partial charge in [0.15, 0.2) is 0 Å². The number of hydrogen-bond donors (Lipinski definition) is 1. The fourth-order valence-corrected chi connectivity index (χ4v) is 2.16. The van der Waals surface area contributed by atoms with Crippen LogP contribution in [-0.4, -0.2) is 55.0 Å². The Bertz CT molecular complexity index is 814. The molecular weight excluding hydrogens is 332 g/mol. The fourth-order valence-electron chi connectivity index (χ4n) is 2.16. The summed E-state index contributed by atoms with van der Waals surface area (Å²) in [6.45, 7) is 1.16. The third-order valence-electron chi connectivity index (χ3n) is 3.37. The number of fused-ring (bicyclic) bond motifs is 1. The van der Waals surface area contributed by atoms with Crippen molar-refractivity contribution in [2.24, 2.45) is 0 Å². The van der Waals surface area contributed by atoms with Gasteiger partial charge in [0.05, 0.1) is 11.1 Å². The summed E-state index contributed by atoms with van der Waals surface area (Å²) in [5, 5.41) is 13.0. The number of benzene rings is 1. The van der Waals surface area contributed by atoms with Crippen LogP contribution >= 0.6 is 0 Å². The summed E-state index contributed by atoms with van der Waals surface area (Å²) in [7, 11) is 0. The topological polar surface area (TPSA) is 136 Å². The number of imide groups is 1. The van der Waals surface area contributed by atoms with E-state index >= 15 is 0 Å². The molecule has 11 nitrogen and oxygen atoms in total. The van der Waals surface area contributed by atoms with E-state index in [0.717, 1.165) is 4.68 Å². The fraction of sp³-hybridized carbons (Fsp3) is 0.214. The van der Waals surface area contributed by atoms with Crippen molar-refractivity contribution in [1.82, 2.24) is 30.6 Å². The van der Waals surface area contributed by atoms with Crippen molar-refractivity contribution in [2.75, 3.05) is 0 Å². The number of hydrogen-bond acceptors (Lipinski definition) is 8. The van der Waals surface area contributed by atoms with Crippen LogP contribution in [0.1, 0.15) is 27.6 Å². The van der Waals surface area contributed by atoms with Gasteiger partial charge in [-0.1, -0.05) is 17.2 Å². The minimum absolute atomic E-state index is 0.149. The van der Waals surface area contributed by atoms with E-state index in [4.69, 9.17) is 4.84 Å². The van der Waals surface area contributed by atoms with Gasteiger partial charge in [0.2, 0.25) is 5.91 Å². The molecule has 1 aliphatic heterocycles. The molecule has 0 radical (unpaired) electrons. The van der Waals surface area contributed by atoms with Gasteiger partial charge in [0, 0.05) is 0 Å². The van der Waals surface area contributed by atoms with Gasteiger partial charge >= 0.3 is 5.97 Å². The lowest BCUT2D eigenvalue weighted by Crippen LogP contribution is -2.44. The summed E-state index contributed by atoms with van der Waals surface area (Å²) in [6.07, 6.45) is 1.24. The Balaban J connectivity index is 1.60. The number of nitrogens with one attached hydrogen (secondary N) is 1. The third kappa shape index (κ3) is 3.20. The van der Waals surface area contributed by atoms with Crippen molar-refractivity contribution in [3.63, 3.8) is 0 Å². The van der Waals surface area contributed by atoms with E-state index in [2.05, 4.69) is 20.8 Å². The molecule has 0 unspecified atom stereocenters. The number of rotatable bonds is 5. The first-order chi connectivity index (χ1) is 12.0. The smallest absolute Gasteiger partial charge is 0.341 e. The van der Waals surface area contributed by atoms with Crippen molar-refractivity contribution >= 4 is 23.7 Å². The SMILES string of the molecule is C[C@H](NC(=O)Cn1cnnn1)C(=O)ON1C(=O)c2ccccc2C1=O. The average Bonchev–Trinajstić information content (AvgIpc) is 3.18. The van der Waals surface area contributed by atoms with Crippen molar-refractivity contribution < 1.29 is 24.0 Å². The second-order valence-corrected chi connectivity index (χ2v) is 5.16. The van der Waals surface area contributed by atoms with Crippen molar-refractivity contribution in [2.45, 2.75) is 19.5 Å². The number of aromatic nitrogens is 4. The Labute approximate surface area is 140 Å². The first kappa shape index (κ1) is 16.2. The van der Waals surface area contributed by atoms with Crippen LogP contribution < -0.4 is 5.32 Å². The molecule has 128 valence electrons. The van der Waals surface area contributed by atoms with E-state index in [1.54, 1.807) is 12.1 Å². The number of nitrogens with zero attached hydrogens (tertiary/aromatic N) is 5. The summed E-state index contributed by atoms with van der Waals surface area (Å²) < 4.78 is 1.16. The van der Waals surface area contributed by atoms with E-state index in [9.17, 15) is 19.2 Å². The molecular formula is C14H12N6O5. The van der Waals surface area contributed by atoms with E-state index in [-0.39, 0.29) is 17.7 Å². The molecule has 3 amide bonds. The van der Waals surface area contributed by atoms with Crippen LogP contribution in [0.4, 0.5) is 0 Å². The lowest BCUT2D eigenvalue weighted by Gasteiger charge is -2.17. The van der Waals surface area contributed by atoms with Gasteiger partial charge in [0.25, 0.3) is 11.8 Å². The molecule has 1 aliphatic rings. The van der Waals surface area contributed by atoms with Gasteiger partial charge in [-0.25, -0.2) is 9.48 Å². The Hall–Kier alpha value is -3.63. The minimum Gasteiger partial charge on any atom is -0.341 e. The van der Waals surface area contributed by atoms with Gasteiger partial charge in [-0.05, 0) is 29.5 Å². The van der Waals surface area contributed by atoms with Crippen LogP contribution in [0.2, 0.25) is 0 Å². The molecule has 0 fully saturated rings. The molecule has 2 heterocycles. The van der Waals surface area contributed by atoms with E-state index in [1.807, 2.05) is 0 Å². The normalized spacial score (nSPS) is 14.2. The molecule has 1 aromatic heterocycles. The monoisotopic (exact) mass is 344 g/mol. The third-order valence-corrected chi connectivity index (χ3v) is 3.37. The van der Waals surface area contributed by atoms with Crippen LogP contribution in [0.15, 0.2) is 30.6 Å². The van der Waals surface area contributed by atoms with Crippen LogP contribution in [0.5, 0.6) is 0 Å². The van der Waals surface area contributed by atoms with Crippen LogP contribution in [0.3, 0.4) is 0 Å². The molecule has 0 saturated heterocycles. The molecule has 2 aromatic rings. The standard InChI is InChI=1S/C14H12N6O5/c1-8(16-11(21)6-19-7-15-17-18-19)14(24)25-20-12(22)9-4-2-3-5-10(9)13(20)23/h2-5,7-8H,6H2,1H3,(H,16,21)/t8-/m0/s1. The number of tetrazole rings is 1.